The fourth-order valence-electron chi connectivity index (χ4n) is 1.98. The van der Waals surface area contributed by atoms with Crippen molar-refractivity contribution < 1.29 is 13.7 Å². The molecule has 0 bridgehead atoms. The lowest BCUT2D eigenvalue weighted by atomic mass is 9.78. The van der Waals surface area contributed by atoms with Gasteiger partial charge in [0.05, 0.1) is 16.9 Å². The summed E-state index contributed by atoms with van der Waals surface area (Å²) in [6, 6.07) is 1.68. The minimum atomic E-state index is -0.671. The van der Waals surface area contributed by atoms with Crippen LogP contribution in [0.5, 0.6) is 0 Å². The van der Waals surface area contributed by atoms with E-state index in [-0.39, 0.29) is 5.82 Å². The normalized spacial score (nSPS) is 21.4. The molecule has 3 nitrogen and oxygen atoms in total. The summed E-state index contributed by atoms with van der Waals surface area (Å²) in [5, 5.41) is 0. The Labute approximate surface area is 108 Å². The van der Waals surface area contributed by atoms with E-state index in [1.807, 2.05) is 34.6 Å². The summed E-state index contributed by atoms with van der Waals surface area (Å²) in [5.41, 5.74) is 0.640. The fraction of sp³-hybridized carbons (Fsp3) is 0.615. The van der Waals surface area contributed by atoms with Crippen LogP contribution in [0.15, 0.2) is 6.07 Å². The van der Waals surface area contributed by atoms with Crippen molar-refractivity contribution >= 4 is 12.6 Å². The Balaban J connectivity index is 2.41. The summed E-state index contributed by atoms with van der Waals surface area (Å²) in [4.78, 5) is 4.09. The van der Waals surface area contributed by atoms with Gasteiger partial charge < -0.3 is 9.31 Å². The molecule has 1 aliphatic rings. The number of aromatic nitrogens is 1. The molecule has 1 aromatic heterocycles. The smallest absolute Gasteiger partial charge is 0.399 e. The molecule has 0 atom stereocenters. The quantitative estimate of drug-likeness (QED) is 0.716. The Hall–Kier alpha value is -0.935. The van der Waals surface area contributed by atoms with Gasteiger partial charge in [-0.15, -0.1) is 0 Å². The minimum absolute atomic E-state index is 0.348. The van der Waals surface area contributed by atoms with E-state index in [0.717, 1.165) is 5.69 Å². The average Bonchev–Trinajstić information content (AvgIpc) is 2.42. The molecule has 1 aromatic rings. The van der Waals surface area contributed by atoms with Gasteiger partial charge in [-0.05, 0) is 47.6 Å². The Morgan fingerprint density at radius 3 is 2.11 bits per heavy atom. The van der Waals surface area contributed by atoms with Crippen molar-refractivity contribution in [2.45, 2.75) is 52.7 Å². The van der Waals surface area contributed by atoms with Gasteiger partial charge >= 0.3 is 7.12 Å². The second-order valence-corrected chi connectivity index (χ2v) is 5.84. The van der Waals surface area contributed by atoms with E-state index in [0.29, 0.717) is 11.2 Å². The van der Waals surface area contributed by atoms with E-state index >= 15 is 0 Å². The maximum absolute atomic E-state index is 14.1. The minimum Gasteiger partial charge on any atom is -0.399 e. The van der Waals surface area contributed by atoms with Crippen LogP contribution in [-0.4, -0.2) is 23.3 Å². The third-order valence-electron chi connectivity index (χ3n) is 3.79. The number of hydrogen-bond acceptors (Lipinski definition) is 3. The van der Waals surface area contributed by atoms with Crippen LogP contribution < -0.4 is 5.46 Å². The first-order valence-corrected chi connectivity index (χ1v) is 6.13. The van der Waals surface area contributed by atoms with Crippen molar-refractivity contribution in [3.63, 3.8) is 0 Å². The van der Waals surface area contributed by atoms with Gasteiger partial charge in [-0.3, -0.25) is 4.98 Å². The third kappa shape index (κ3) is 2.06. The van der Waals surface area contributed by atoms with Crippen molar-refractivity contribution in [3.05, 3.63) is 23.3 Å². The standard InChI is InChI=1S/C13H19BFNO2/c1-8-7-10(11(15)9(2)16-8)14-17-12(3,4)13(5,6)18-14/h7H,1-6H3. The molecule has 1 saturated heterocycles. The molecule has 2 rings (SSSR count). The number of aryl methyl sites for hydroxylation is 2. The van der Waals surface area contributed by atoms with Crippen LogP contribution in [0.4, 0.5) is 4.39 Å². The maximum atomic E-state index is 14.1. The van der Waals surface area contributed by atoms with Crippen molar-refractivity contribution in [3.8, 4) is 0 Å². The number of nitrogens with zero attached hydrogens (tertiary/aromatic N) is 1. The Kier molecular flexibility index (Phi) is 3.02. The molecule has 0 amide bonds. The van der Waals surface area contributed by atoms with Gasteiger partial charge in [-0.1, -0.05) is 0 Å². The number of pyridine rings is 1. The lowest BCUT2D eigenvalue weighted by molar-refractivity contribution is 0.00578. The van der Waals surface area contributed by atoms with Gasteiger partial charge in [0.25, 0.3) is 0 Å². The Morgan fingerprint density at radius 1 is 1.11 bits per heavy atom. The molecule has 98 valence electrons. The molecule has 0 saturated carbocycles. The number of hydrogen-bond donors (Lipinski definition) is 0. The summed E-state index contributed by atoms with van der Waals surface area (Å²) in [6.45, 7) is 11.3. The highest BCUT2D eigenvalue weighted by atomic mass is 19.1. The van der Waals surface area contributed by atoms with E-state index in [2.05, 4.69) is 4.98 Å². The van der Waals surface area contributed by atoms with Crippen molar-refractivity contribution in [2.75, 3.05) is 0 Å². The van der Waals surface area contributed by atoms with Crippen molar-refractivity contribution in [2.24, 2.45) is 0 Å². The van der Waals surface area contributed by atoms with Crippen LogP contribution in [-0.2, 0) is 9.31 Å². The molecule has 0 aromatic carbocycles. The molecule has 1 aliphatic heterocycles. The van der Waals surface area contributed by atoms with Crippen molar-refractivity contribution in [1.82, 2.24) is 4.98 Å². The van der Waals surface area contributed by atoms with Crippen LogP contribution in [0.2, 0.25) is 0 Å². The average molecular weight is 251 g/mol. The molecule has 2 heterocycles. The molecular weight excluding hydrogens is 232 g/mol. The van der Waals surface area contributed by atoms with Crippen LogP contribution in [0.3, 0.4) is 0 Å². The van der Waals surface area contributed by atoms with Gasteiger partial charge in [-0.2, -0.15) is 0 Å². The van der Waals surface area contributed by atoms with Crippen molar-refractivity contribution in [1.29, 1.82) is 0 Å². The predicted molar refractivity (Wildman–Crippen MR) is 69.4 cm³/mol. The van der Waals surface area contributed by atoms with E-state index in [4.69, 9.17) is 9.31 Å². The lowest BCUT2D eigenvalue weighted by Crippen LogP contribution is -2.41. The predicted octanol–water partition coefficient (Wildman–Crippen LogP) is 2.14. The third-order valence-corrected chi connectivity index (χ3v) is 3.79. The van der Waals surface area contributed by atoms with Crippen LogP contribution >= 0.6 is 0 Å². The highest BCUT2D eigenvalue weighted by Gasteiger charge is 2.52. The van der Waals surface area contributed by atoms with E-state index in [1.165, 1.54) is 0 Å². The van der Waals surface area contributed by atoms with Crippen LogP contribution in [0.1, 0.15) is 39.1 Å². The van der Waals surface area contributed by atoms with Crippen LogP contribution in [0, 0.1) is 19.7 Å². The molecule has 0 unspecified atom stereocenters. The first kappa shape index (κ1) is 13.5. The largest absolute Gasteiger partial charge is 0.497 e. The fourth-order valence-corrected chi connectivity index (χ4v) is 1.98. The molecule has 0 radical (unpaired) electrons. The zero-order chi connectivity index (χ0) is 13.7. The van der Waals surface area contributed by atoms with Crippen LogP contribution in [0.25, 0.3) is 0 Å². The van der Waals surface area contributed by atoms with E-state index in [9.17, 15) is 4.39 Å². The molecule has 0 aliphatic carbocycles. The summed E-state index contributed by atoms with van der Waals surface area (Å²) in [6.07, 6.45) is 0. The van der Waals surface area contributed by atoms with E-state index in [1.54, 1.807) is 13.0 Å². The highest BCUT2D eigenvalue weighted by Crippen LogP contribution is 2.36. The zero-order valence-corrected chi connectivity index (χ0v) is 11.8. The van der Waals surface area contributed by atoms with Gasteiger partial charge in [0.1, 0.15) is 5.82 Å². The maximum Gasteiger partial charge on any atom is 0.497 e. The van der Waals surface area contributed by atoms with Gasteiger partial charge in [0, 0.05) is 11.2 Å². The van der Waals surface area contributed by atoms with Gasteiger partial charge in [0.2, 0.25) is 0 Å². The summed E-state index contributed by atoms with van der Waals surface area (Å²) >= 11 is 0. The summed E-state index contributed by atoms with van der Waals surface area (Å²) < 4.78 is 25.8. The summed E-state index contributed by atoms with van der Waals surface area (Å²) in [7, 11) is -0.671. The molecule has 0 spiro atoms. The van der Waals surface area contributed by atoms with Gasteiger partial charge in [-0.25, -0.2) is 4.39 Å². The molecule has 18 heavy (non-hydrogen) atoms. The second-order valence-electron chi connectivity index (χ2n) is 5.84. The zero-order valence-electron chi connectivity index (χ0n) is 11.8. The Bertz CT molecular complexity index is 472. The molecule has 5 heteroatoms. The molecule has 0 N–H and O–H groups in total. The first-order valence-electron chi connectivity index (χ1n) is 6.13. The SMILES string of the molecule is Cc1cc(B2OC(C)(C)C(C)(C)O2)c(F)c(C)n1. The molecule has 1 fully saturated rings. The molecular formula is C13H19BFNO2. The van der Waals surface area contributed by atoms with E-state index < -0.39 is 18.3 Å². The highest BCUT2D eigenvalue weighted by molar-refractivity contribution is 6.62. The topological polar surface area (TPSA) is 31.4 Å². The summed E-state index contributed by atoms with van der Waals surface area (Å²) in [5.74, 6) is -0.348. The second kappa shape index (κ2) is 4.03. The Morgan fingerprint density at radius 2 is 1.61 bits per heavy atom. The number of halogens is 1. The number of rotatable bonds is 1. The van der Waals surface area contributed by atoms with Gasteiger partial charge in [0.15, 0.2) is 0 Å². The monoisotopic (exact) mass is 251 g/mol. The first-order chi connectivity index (χ1) is 8.14. The lowest BCUT2D eigenvalue weighted by Gasteiger charge is -2.32.